The molecule has 0 aliphatic carbocycles. The number of imidazole rings is 1. The highest BCUT2D eigenvalue weighted by Crippen LogP contribution is 2.24. The Morgan fingerprint density at radius 3 is 2.62 bits per heavy atom. The zero-order valence-corrected chi connectivity index (χ0v) is 12.8. The van der Waals surface area contributed by atoms with Crippen molar-refractivity contribution in [1.29, 1.82) is 0 Å². The van der Waals surface area contributed by atoms with Crippen molar-refractivity contribution in [3.05, 3.63) is 47.9 Å². The molecule has 0 fully saturated rings. The summed E-state index contributed by atoms with van der Waals surface area (Å²) in [7, 11) is 1.66. The van der Waals surface area contributed by atoms with E-state index in [1.807, 2.05) is 43.5 Å². The molecule has 3 aromatic rings. The maximum atomic E-state index is 5.92. The van der Waals surface area contributed by atoms with Crippen LogP contribution in [-0.2, 0) is 6.42 Å². The van der Waals surface area contributed by atoms with Gasteiger partial charge in [-0.1, -0.05) is 0 Å². The topological polar surface area (TPSA) is 39.9 Å². The minimum atomic E-state index is 0.526. The molecule has 0 aliphatic heterocycles. The van der Waals surface area contributed by atoms with Crippen LogP contribution in [0.5, 0.6) is 5.75 Å². The summed E-state index contributed by atoms with van der Waals surface area (Å²) in [6.07, 6.45) is 2.51. The Balaban J connectivity index is 2.22. The quantitative estimate of drug-likeness (QED) is 0.692. The molecule has 0 radical (unpaired) electrons. The third-order valence-corrected chi connectivity index (χ3v) is 3.66. The van der Waals surface area contributed by atoms with Crippen LogP contribution < -0.4 is 4.74 Å². The first kappa shape index (κ1) is 13.9. The maximum Gasteiger partial charge on any atom is 0.164 e. The number of pyridine rings is 1. The fraction of sp³-hybridized carbons (Fsp3) is 0.250. The van der Waals surface area contributed by atoms with Crippen LogP contribution in [0.15, 0.2) is 36.5 Å². The Bertz CT molecular complexity index is 765. The molecule has 21 heavy (non-hydrogen) atoms. The molecule has 2 heterocycles. The number of halogens is 1. The number of methoxy groups -OCH3 is 1. The highest BCUT2D eigenvalue weighted by Gasteiger charge is 2.14. The molecule has 0 N–H and O–H groups in total. The second-order valence-electron chi connectivity index (χ2n) is 4.80. The van der Waals surface area contributed by atoms with Gasteiger partial charge in [0.2, 0.25) is 0 Å². The minimum Gasteiger partial charge on any atom is -0.497 e. The van der Waals surface area contributed by atoms with Crippen LogP contribution in [-0.4, -0.2) is 27.5 Å². The number of alkyl halides is 1. The van der Waals surface area contributed by atoms with Gasteiger partial charge in [0.15, 0.2) is 5.65 Å². The molecule has 0 atom stereocenters. The molecule has 0 unspecified atom stereocenters. The van der Waals surface area contributed by atoms with Crippen molar-refractivity contribution in [2.75, 3.05) is 13.0 Å². The lowest BCUT2D eigenvalue weighted by molar-refractivity contribution is 0.414. The molecule has 0 spiro atoms. The largest absolute Gasteiger partial charge is 0.497 e. The van der Waals surface area contributed by atoms with Gasteiger partial charge in [0.1, 0.15) is 17.1 Å². The van der Waals surface area contributed by atoms with Crippen LogP contribution in [0.25, 0.3) is 16.9 Å². The van der Waals surface area contributed by atoms with Crippen molar-refractivity contribution in [2.45, 2.75) is 13.3 Å². The second-order valence-corrected chi connectivity index (χ2v) is 5.18. The smallest absolute Gasteiger partial charge is 0.164 e. The average molecular weight is 302 g/mol. The molecular weight excluding hydrogens is 286 g/mol. The number of aryl methyl sites for hydroxylation is 2. The monoisotopic (exact) mass is 301 g/mol. The standard InChI is InChI=1S/C16H16ClN3O/c1-11-8-10-18-16-15(11)19-14(7-9-17)20(16)12-3-5-13(21-2)6-4-12/h3-6,8,10H,7,9H2,1-2H3. The van der Waals surface area contributed by atoms with Crippen LogP contribution in [0.3, 0.4) is 0 Å². The van der Waals surface area contributed by atoms with Crippen molar-refractivity contribution in [1.82, 2.24) is 14.5 Å². The number of hydrogen-bond donors (Lipinski definition) is 0. The summed E-state index contributed by atoms with van der Waals surface area (Å²) in [4.78, 5) is 9.20. The van der Waals surface area contributed by atoms with Gasteiger partial charge in [-0.2, -0.15) is 0 Å². The Hall–Kier alpha value is -2.07. The summed E-state index contributed by atoms with van der Waals surface area (Å²) in [5.74, 6) is 2.27. The van der Waals surface area contributed by atoms with Gasteiger partial charge < -0.3 is 4.74 Å². The van der Waals surface area contributed by atoms with E-state index in [0.29, 0.717) is 12.3 Å². The summed E-state index contributed by atoms with van der Waals surface area (Å²) >= 11 is 5.92. The van der Waals surface area contributed by atoms with E-state index in [4.69, 9.17) is 21.3 Å². The van der Waals surface area contributed by atoms with Crippen molar-refractivity contribution in [3.63, 3.8) is 0 Å². The van der Waals surface area contributed by atoms with Gasteiger partial charge in [-0.25, -0.2) is 9.97 Å². The van der Waals surface area contributed by atoms with Crippen LogP contribution in [0.1, 0.15) is 11.4 Å². The van der Waals surface area contributed by atoms with Crippen LogP contribution in [0.4, 0.5) is 0 Å². The van der Waals surface area contributed by atoms with E-state index in [9.17, 15) is 0 Å². The summed E-state index contributed by atoms with van der Waals surface area (Å²) in [6, 6.07) is 9.84. The number of aromatic nitrogens is 3. The molecule has 0 aliphatic rings. The number of rotatable bonds is 4. The highest BCUT2D eigenvalue weighted by atomic mass is 35.5. The maximum absolute atomic E-state index is 5.92. The van der Waals surface area contributed by atoms with E-state index in [-0.39, 0.29) is 0 Å². The number of benzene rings is 1. The summed E-state index contributed by atoms with van der Waals surface area (Å²) in [5, 5.41) is 0. The number of hydrogen-bond acceptors (Lipinski definition) is 3. The molecule has 2 aromatic heterocycles. The van der Waals surface area contributed by atoms with E-state index in [0.717, 1.165) is 34.0 Å². The molecular formula is C16H16ClN3O. The third-order valence-electron chi connectivity index (χ3n) is 3.47. The van der Waals surface area contributed by atoms with E-state index in [2.05, 4.69) is 9.55 Å². The molecule has 1 aromatic carbocycles. The van der Waals surface area contributed by atoms with Gasteiger partial charge in [0, 0.05) is 24.2 Å². The lowest BCUT2D eigenvalue weighted by Gasteiger charge is -2.09. The molecule has 5 heteroatoms. The number of nitrogens with zero attached hydrogens (tertiary/aromatic N) is 3. The third kappa shape index (κ3) is 2.47. The Labute approximate surface area is 128 Å². The van der Waals surface area contributed by atoms with E-state index < -0.39 is 0 Å². The summed E-state index contributed by atoms with van der Waals surface area (Å²) in [5.41, 5.74) is 3.91. The second kappa shape index (κ2) is 5.74. The molecule has 108 valence electrons. The van der Waals surface area contributed by atoms with E-state index in [1.54, 1.807) is 7.11 Å². The molecule has 3 rings (SSSR count). The van der Waals surface area contributed by atoms with E-state index in [1.165, 1.54) is 0 Å². The van der Waals surface area contributed by atoms with Gasteiger partial charge in [-0.3, -0.25) is 4.57 Å². The number of fused-ring (bicyclic) bond motifs is 1. The van der Waals surface area contributed by atoms with Crippen LogP contribution in [0, 0.1) is 6.92 Å². The van der Waals surface area contributed by atoms with Gasteiger partial charge >= 0.3 is 0 Å². The Kier molecular flexibility index (Phi) is 3.80. The van der Waals surface area contributed by atoms with Crippen LogP contribution in [0.2, 0.25) is 0 Å². The van der Waals surface area contributed by atoms with Gasteiger partial charge in [-0.15, -0.1) is 11.6 Å². The predicted molar refractivity (Wildman–Crippen MR) is 84.6 cm³/mol. The summed E-state index contributed by atoms with van der Waals surface area (Å²) < 4.78 is 7.27. The first-order chi connectivity index (χ1) is 10.2. The number of ether oxygens (including phenoxy) is 1. The molecule has 0 amide bonds. The predicted octanol–water partition coefficient (Wildman–Crippen LogP) is 3.52. The first-order valence-electron chi connectivity index (χ1n) is 6.78. The van der Waals surface area contributed by atoms with E-state index >= 15 is 0 Å². The average Bonchev–Trinajstić information content (AvgIpc) is 2.87. The highest BCUT2D eigenvalue weighted by molar-refractivity contribution is 6.17. The van der Waals surface area contributed by atoms with Gasteiger partial charge in [-0.05, 0) is 42.8 Å². The van der Waals surface area contributed by atoms with Crippen LogP contribution >= 0.6 is 11.6 Å². The molecule has 0 bridgehead atoms. The van der Waals surface area contributed by atoms with Crippen molar-refractivity contribution in [2.24, 2.45) is 0 Å². The van der Waals surface area contributed by atoms with Crippen molar-refractivity contribution < 1.29 is 4.74 Å². The van der Waals surface area contributed by atoms with Gasteiger partial charge in [0.25, 0.3) is 0 Å². The zero-order chi connectivity index (χ0) is 14.8. The molecule has 4 nitrogen and oxygen atoms in total. The molecule has 0 saturated heterocycles. The Morgan fingerprint density at radius 2 is 1.95 bits per heavy atom. The fourth-order valence-electron chi connectivity index (χ4n) is 2.39. The zero-order valence-electron chi connectivity index (χ0n) is 12.0. The van der Waals surface area contributed by atoms with Crippen molar-refractivity contribution >= 4 is 22.8 Å². The first-order valence-corrected chi connectivity index (χ1v) is 7.31. The Morgan fingerprint density at radius 1 is 1.19 bits per heavy atom. The minimum absolute atomic E-state index is 0.526. The normalized spacial score (nSPS) is 11.0. The summed E-state index contributed by atoms with van der Waals surface area (Å²) in [6.45, 7) is 2.04. The SMILES string of the molecule is COc1ccc(-n2c(CCCl)nc3c(C)ccnc32)cc1. The van der Waals surface area contributed by atoms with Crippen molar-refractivity contribution in [3.8, 4) is 11.4 Å². The molecule has 0 saturated carbocycles. The lowest BCUT2D eigenvalue weighted by atomic mass is 10.2. The lowest BCUT2D eigenvalue weighted by Crippen LogP contribution is -2.03. The van der Waals surface area contributed by atoms with Gasteiger partial charge in [0.05, 0.1) is 7.11 Å². The fourth-order valence-corrected chi connectivity index (χ4v) is 2.56.